The SMILES string of the molecule is O=S(=O)(c1ccc(Cl)cc1)N1CCC(N2COCc3cc(Cl)ccc32)CC1. The van der Waals surface area contributed by atoms with E-state index in [1.165, 1.54) is 0 Å². The molecule has 0 N–H and O–H groups in total. The zero-order chi connectivity index (χ0) is 19.0. The van der Waals surface area contributed by atoms with E-state index in [0.29, 0.717) is 36.5 Å². The third kappa shape index (κ3) is 3.82. The van der Waals surface area contributed by atoms with E-state index in [0.717, 1.165) is 24.1 Å². The highest BCUT2D eigenvalue weighted by Gasteiger charge is 2.33. The van der Waals surface area contributed by atoms with Gasteiger partial charge in [0, 0.05) is 40.4 Å². The molecule has 0 spiro atoms. The predicted molar refractivity (Wildman–Crippen MR) is 107 cm³/mol. The van der Waals surface area contributed by atoms with Crippen molar-refractivity contribution < 1.29 is 13.2 Å². The molecule has 2 aromatic carbocycles. The van der Waals surface area contributed by atoms with Crippen molar-refractivity contribution in [2.24, 2.45) is 0 Å². The van der Waals surface area contributed by atoms with Crippen molar-refractivity contribution in [1.82, 2.24) is 4.31 Å². The monoisotopic (exact) mass is 426 g/mol. The van der Waals surface area contributed by atoms with Crippen LogP contribution in [0.1, 0.15) is 18.4 Å². The highest BCUT2D eigenvalue weighted by molar-refractivity contribution is 7.89. The fourth-order valence-electron chi connectivity index (χ4n) is 3.73. The zero-order valence-corrected chi connectivity index (χ0v) is 17.0. The fourth-order valence-corrected chi connectivity index (χ4v) is 5.52. The number of halogens is 2. The van der Waals surface area contributed by atoms with Crippen LogP contribution in [0.4, 0.5) is 5.69 Å². The molecule has 0 atom stereocenters. The molecule has 144 valence electrons. The Kier molecular flexibility index (Phi) is 5.36. The molecule has 2 heterocycles. The molecule has 0 unspecified atom stereocenters. The molecule has 2 aromatic rings. The molecule has 0 aromatic heterocycles. The lowest BCUT2D eigenvalue weighted by Crippen LogP contribution is -2.48. The number of sulfonamides is 1. The van der Waals surface area contributed by atoms with Gasteiger partial charge < -0.3 is 9.64 Å². The van der Waals surface area contributed by atoms with E-state index in [1.54, 1.807) is 28.6 Å². The summed E-state index contributed by atoms with van der Waals surface area (Å²) in [5, 5.41) is 1.22. The quantitative estimate of drug-likeness (QED) is 0.739. The van der Waals surface area contributed by atoms with E-state index in [2.05, 4.69) is 4.90 Å². The molecule has 2 aliphatic rings. The molecular weight excluding hydrogens is 407 g/mol. The maximum Gasteiger partial charge on any atom is 0.243 e. The van der Waals surface area contributed by atoms with Gasteiger partial charge in [0.05, 0.1) is 11.5 Å². The Morgan fingerprint density at radius 2 is 1.63 bits per heavy atom. The van der Waals surface area contributed by atoms with E-state index >= 15 is 0 Å². The molecule has 0 radical (unpaired) electrons. The summed E-state index contributed by atoms with van der Waals surface area (Å²) in [5.74, 6) is 0. The average Bonchev–Trinajstić information content (AvgIpc) is 2.68. The van der Waals surface area contributed by atoms with Gasteiger partial charge in [0.25, 0.3) is 0 Å². The number of ether oxygens (including phenoxy) is 1. The summed E-state index contributed by atoms with van der Waals surface area (Å²) in [7, 11) is -3.49. The van der Waals surface area contributed by atoms with Crippen LogP contribution in [0.2, 0.25) is 10.0 Å². The van der Waals surface area contributed by atoms with Gasteiger partial charge in [-0.05, 0) is 55.3 Å². The Hall–Kier alpha value is -1.31. The molecule has 0 bridgehead atoms. The first-order valence-electron chi connectivity index (χ1n) is 8.84. The topological polar surface area (TPSA) is 49.9 Å². The smallest absolute Gasteiger partial charge is 0.243 e. The van der Waals surface area contributed by atoms with Gasteiger partial charge in [-0.15, -0.1) is 0 Å². The minimum absolute atomic E-state index is 0.238. The van der Waals surface area contributed by atoms with Crippen LogP contribution < -0.4 is 4.90 Å². The Morgan fingerprint density at radius 1 is 0.963 bits per heavy atom. The van der Waals surface area contributed by atoms with E-state index in [9.17, 15) is 8.42 Å². The lowest BCUT2D eigenvalue weighted by atomic mass is 10.0. The molecule has 0 amide bonds. The maximum absolute atomic E-state index is 12.8. The Labute approximate surface area is 169 Å². The van der Waals surface area contributed by atoms with Crippen LogP contribution in [-0.2, 0) is 21.4 Å². The second kappa shape index (κ2) is 7.60. The number of piperidine rings is 1. The van der Waals surface area contributed by atoms with Gasteiger partial charge in [0.15, 0.2) is 0 Å². The normalized spacial score (nSPS) is 19.1. The number of hydrogen-bond donors (Lipinski definition) is 0. The van der Waals surface area contributed by atoms with Crippen molar-refractivity contribution in [3.63, 3.8) is 0 Å². The summed E-state index contributed by atoms with van der Waals surface area (Å²) in [4.78, 5) is 2.51. The summed E-state index contributed by atoms with van der Waals surface area (Å²) >= 11 is 12.0. The summed E-state index contributed by atoms with van der Waals surface area (Å²) in [6.45, 7) is 2.03. The number of rotatable bonds is 3. The van der Waals surface area contributed by atoms with Crippen LogP contribution >= 0.6 is 23.2 Å². The molecule has 1 saturated heterocycles. The fraction of sp³-hybridized carbons (Fsp3) is 0.368. The lowest BCUT2D eigenvalue weighted by molar-refractivity contribution is 0.0988. The van der Waals surface area contributed by atoms with Crippen molar-refractivity contribution in [1.29, 1.82) is 0 Å². The largest absolute Gasteiger partial charge is 0.356 e. The van der Waals surface area contributed by atoms with E-state index in [4.69, 9.17) is 27.9 Å². The first-order chi connectivity index (χ1) is 12.9. The first kappa shape index (κ1) is 19.0. The number of hydrogen-bond acceptors (Lipinski definition) is 4. The highest BCUT2D eigenvalue weighted by Crippen LogP contribution is 2.33. The van der Waals surface area contributed by atoms with E-state index in [1.807, 2.05) is 18.2 Å². The molecule has 1 fully saturated rings. The molecule has 8 heteroatoms. The van der Waals surface area contributed by atoms with Gasteiger partial charge in [-0.25, -0.2) is 8.42 Å². The van der Waals surface area contributed by atoms with Crippen LogP contribution in [0.25, 0.3) is 0 Å². The minimum Gasteiger partial charge on any atom is -0.356 e. The second-order valence-corrected chi connectivity index (χ2v) is 9.62. The third-order valence-electron chi connectivity index (χ3n) is 5.15. The van der Waals surface area contributed by atoms with Crippen molar-refractivity contribution >= 4 is 38.9 Å². The maximum atomic E-state index is 12.8. The Morgan fingerprint density at radius 3 is 2.33 bits per heavy atom. The Balaban J connectivity index is 1.48. The average molecular weight is 427 g/mol. The van der Waals surface area contributed by atoms with Gasteiger partial charge in [0.1, 0.15) is 6.73 Å². The van der Waals surface area contributed by atoms with E-state index < -0.39 is 10.0 Å². The molecule has 27 heavy (non-hydrogen) atoms. The zero-order valence-electron chi connectivity index (χ0n) is 14.6. The van der Waals surface area contributed by atoms with Crippen LogP contribution in [0.5, 0.6) is 0 Å². The van der Waals surface area contributed by atoms with Crippen molar-refractivity contribution in [2.45, 2.75) is 30.4 Å². The van der Waals surface area contributed by atoms with Crippen LogP contribution in [0.15, 0.2) is 47.4 Å². The van der Waals surface area contributed by atoms with Gasteiger partial charge in [-0.3, -0.25) is 0 Å². The molecule has 5 nitrogen and oxygen atoms in total. The third-order valence-corrected chi connectivity index (χ3v) is 7.55. The predicted octanol–water partition coefficient (Wildman–Crippen LogP) is 4.14. The summed E-state index contributed by atoms with van der Waals surface area (Å²) in [5.41, 5.74) is 2.20. The minimum atomic E-state index is -3.49. The Bertz CT molecular complexity index is 926. The number of benzene rings is 2. The summed E-state index contributed by atoms with van der Waals surface area (Å²) in [6, 6.07) is 12.4. The number of fused-ring (bicyclic) bond motifs is 1. The second-order valence-electron chi connectivity index (χ2n) is 6.81. The van der Waals surface area contributed by atoms with Gasteiger partial charge >= 0.3 is 0 Å². The molecule has 4 rings (SSSR count). The van der Waals surface area contributed by atoms with Crippen molar-refractivity contribution in [3.05, 3.63) is 58.1 Å². The lowest BCUT2D eigenvalue weighted by Gasteiger charge is -2.41. The van der Waals surface area contributed by atoms with Crippen LogP contribution in [0, 0.1) is 0 Å². The van der Waals surface area contributed by atoms with Crippen LogP contribution in [0.3, 0.4) is 0 Å². The molecule has 0 aliphatic carbocycles. The standard InChI is InChI=1S/C19H20Cl2N2O3S/c20-15-1-4-18(5-2-15)27(24,25)22-9-7-17(8-10-22)23-13-26-12-14-11-16(21)3-6-19(14)23/h1-6,11,17H,7-10,12-13H2. The highest BCUT2D eigenvalue weighted by atomic mass is 35.5. The number of nitrogens with zero attached hydrogens (tertiary/aromatic N) is 2. The summed E-state index contributed by atoms with van der Waals surface area (Å²) < 4.78 is 33.0. The molecule has 2 aliphatic heterocycles. The summed E-state index contributed by atoms with van der Waals surface area (Å²) in [6.07, 6.45) is 1.50. The molecule has 0 saturated carbocycles. The van der Waals surface area contributed by atoms with Gasteiger partial charge in [-0.2, -0.15) is 4.31 Å². The molecular formula is C19H20Cl2N2O3S. The van der Waals surface area contributed by atoms with E-state index in [-0.39, 0.29) is 10.9 Å². The van der Waals surface area contributed by atoms with Gasteiger partial charge in [-0.1, -0.05) is 23.2 Å². The number of anilines is 1. The van der Waals surface area contributed by atoms with Crippen LogP contribution in [-0.4, -0.2) is 38.6 Å². The van der Waals surface area contributed by atoms with Crippen molar-refractivity contribution in [3.8, 4) is 0 Å². The first-order valence-corrected chi connectivity index (χ1v) is 11.0. The van der Waals surface area contributed by atoms with Gasteiger partial charge in [0.2, 0.25) is 10.0 Å². The van der Waals surface area contributed by atoms with Crippen molar-refractivity contribution in [2.75, 3.05) is 24.7 Å².